The van der Waals surface area contributed by atoms with Gasteiger partial charge in [0.1, 0.15) is 5.60 Å². The maximum absolute atomic E-state index is 10.6. The van der Waals surface area contributed by atoms with E-state index in [0.29, 0.717) is 6.54 Å². The number of halogens is 1. The molecule has 2 rings (SSSR count). The van der Waals surface area contributed by atoms with Gasteiger partial charge in [0.05, 0.1) is 6.54 Å². The standard InChI is InChI=1S/C21H38N4OS.HI/c1-5-22-20(24-16-21(4,26)19-9-8-12-27-19)23-10-6-7-11-25-14-17(2)13-18(3)15-25;/h8-9,12,17-18,26H,5-7,10-11,13-16H2,1-4H3,(H2,22,23,24);1H. The van der Waals surface area contributed by atoms with Gasteiger partial charge >= 0.3 is 0 Å². The van der Waals surface area contributed by atoms with Crippen LogP contribution in [0.25, 0.3) is 0 Å². The Morgan fingerprint density at radius 1 is 1.29 bits per heavy atom. The predicted octanol–water partition coefficient (Wildman–Crippen LogP) is 3.89. The van der Waals surface area contributed by atoms with Gasteiger partial charge in [0, 0.05) is 31.1 Å². The number of nitrogens with one attached hydrogen (secondary N) is 2. The van der Waals surface area contributed by atoms with Crippen molar-refractivity contribution in [2.24, 2.45) is 16.8 Å². The molecule has 1 aromatic rings. The molecule has 0 saturated carbocycles. The summed E-state index contributed by atoms with van der Waals surface area (Å²) in [4.78, 5) is 8.16. The highest BCUT2D eigenvalue weighted by atomic mass is 127. The minimum atomic E-state index is -0.918. The van der Waals surface area contributed by atoms with Gasteiger partial charge in [-0.25, -0.2) is 4.99 Å². The highest BCUT2D eigenvalue weighted by molar-refractivity contribution is 14.0. The molecule has 2 heterocycles. The van der Waals surface area contributed by atoms with E-state index in [1.165, 1.54) is 32.5 Å². The molecule has 0 amide bonds. The average Bonchev–Trinajstić information content (AvgIpc) is 3.14. The van der Waals surface area contributed by atoms with Gasteiger partial charge in [0.15, 0.2) is 5.96 Å². The summed E-state index contributed by atoms with van der Waals surface area (Å²) < 4.78 is 0. The average molecular weight is 523 g/mol. The normalized spacial score (nSPS) is 23.0. The summed E-state index contributed by atoms with van der Waals surface area (Å²) in [6.45, 7) is 14.4. The molecule has 0 spiro atoms. The summed E-state index contributed by atoms with van der Waals surface area (Å²) in [5.41, 5.74) is -0.918. The largest absolute Gasteiger partial charge is 0.383 e. The van der Waals surface area contributed by atoms with Crippen LogP contribution in [0.5, 0.6) is 0 Å². The zero-order valence-corrected chi connectivity index (χ0v) is 21.1. The molecule has 1 aromatic heterocycles. The van der Waals surface area contributed by atoms with Crippen molar-refractivity contribution in [1.82, 2.24) is 15.5 Å². The van der Waals surface area contributed by atoms with E-state index in [0.717, 1.165) is 42.2 Å². The van der Waals surface area contributed by atoms with Crippen LogP contribution >= 0.6 is 35.3 Å². The number of unbranched alkanes of at least 4 members (excludes halogenated alkanes) is 1. The van der Waals surface area contributed by atoms with E-state index in [9.17, 15) is 5.11 Å². The first-order chi connectivity index (χ1) is 12.9. The van der Waals surface area contributed by atoms with Crippen LogP contribution in [0.2, 0.25) is 0 Å². The molecule has 1 fully saturated rings. The number of aliphatic imine (C=N–C) groups is 1. The van der Waals surface area contributed by atoms with E-state index in [1.807, 2.05) is 24.4 Å². The summed E-state index contributed by atoms with van der Waals surface area (Å²) in [5, 5.41) is 19.3. The molecule has 1 aliphatic heterocycles. The summed E-state index contributed by atoms with van der Waals surface area (Å²) in [6.07, 6.45) is 3.71. The lowest BCUT2D eigenvalue weighted by Gasteiger charge is -2.34. The van der Waals surface area contributed by atoms with Crippen LogP contribution in [0.3, 0.4) is 0 Å². The van der Waals surface area contributed by atoms with Crippen LogP contribution in [0, 0.1) is 11.8 Å². The molecule has 0 aromatic carbocycles. The van der Waals surface area contributed by atoms with E-state index < -0.39 is 5.60 Å². The fourth-order valence-electron chi connectivity index (χ4n) is 3.88. The fourth-order valence-corrected chi connectivity index (χ4v) is 4.66. The van der Waals surface area contributed by atoms with Crippen molar-refractivity contribution in [2.45, 2.75) is 52.6 Å². The zero-order valence-electron chi connectivity index (χ0n) is 17.9. The number of guanidine groups is 1. The number of nitrogens with zero attached hydrogens (tertiary/aromatic N) is 2. The van der Waals surface area contributed by atoms with Gasteiger partial charge in [-0.15, -0.1) is 35.3 Å². The quantitative estimate of drug-likeness (QED) is 0.199. The van der Waals surface area contributed by atoms with E-state index in [2.05, 4.69) is 41.3 Å². The highest BCUT2D eigenvalue weighted by Gasteiger charge is 2.24. The lowest BCUT2D eigenvalue weighted by atomic mass is 9.92. The van der Waals surface area contributed by atoms with Crippen molar-refractivity contribution in [2.75, 3.05) is 39.3 Å². The Labute approximate surface area is 192 Å². The van der Waals surface area contributed by atoms with Gasteiger partial charge in [0.25, 0.3) is 0 Å². The Morgan fingerprint density at radius 3 is 2.61 bits per heavy atom. The predicted molar refractivity (Wildman–Crippen MR) is 132 cm³/mol. The van der Waals surface area contributed by atoms with E-state index in [-0.39, 0.29) is 24.0 Å². The van der Waals surface area contributed by atoms with E-state index in [1.54, 1.807) is 11.3 Å². The first kappa shape index (κ1) is 25.7. The molecule has 0 aliphatic carbocycles. The van der Waals surface area contributed by atoms with Crippen LogP contribution in [-0.2, 0) is 5.60 Å². The van der Waals surface area contributed by atoms with Crippen LogP contribution in [0.1, 0.15) is 51.8 Å². The topological polar surface area (TPSA) is 59.9 Å². The highest BCUT2D eigenvalue weighted by Crippen LogP contribution is 2.25. The molecule has 28 heavy (non-hydrogen) atoms. The number of aliphatic hydroxyl groups is 1. The molecule has 162 valence electrons. The third kappa shape index (κ3) is 8.97. The maximum Gasteiger partial charge on any atom is 0.191 e. The van der Waals surface area contributed by atoms with Crippen molar-refractivity contribution < 1.29 is 5.11 Å². The van der Waals surface area contributed by atoms with Crippen LogP contribution in [0.15, 0.2) is 22.5 Å². The number of thiophene rings is 1. The van der Waals surface area contributed by atoms with Gasteiger partial charge in [-0.3, -0.25) is 0 Å². The molecule has 0 bridgehead atoms. The van der Waals surface area contributed by atoms with Gasteiger partial charge in [-0.1, -0.05) is 19.9 Å². The summed E-state index contributed by atoms with van der Waals surface area (Å²) in [6, 6.07) is 3.92. The summed E-state index contributed by atoms with van der Waals surface area (Å²) in [5.74, 6) is 2.44. The minimum absolute atomic E-state index is 0. The minimum Gasteiger partial charge on any atom is -0.383 e. The molecular weight excluding hydrogens is 483 g/mol. The maximum atomic E-state index is 10.6. The molecule has 0 radical (unpaired) electrons. The number of hydrogen-bond donors (Lipinski definition) is 3. The first-order valence-corrected chi connectivity index (χ1v) is 11.3. The smallest absolute Gasteiger partial charge is 0.191 e. The van der Waals surface area contributed by atoms with Gasteiger partial charge in [0.2, 0.25) is 0 Å². The summed E-state index contributed by atoms with van der Waals surface area (Å²) in [7, 11) is 0. The van der Waals surface area contributed by atoms with Crippen molar-refractivity contribution in [1.29, 1.82) is 0 Å². The lowest BCUT2D eigenvalue weighted by molar-refractivity contribution is 0.0711. The number of hydrogen-bond acceptors (Lipinski definition) is 4. The SMILES string of the molecule is CCNC(=NCC(C)(O)c1cccs1)NCCCCN1CC(C)CC(C)C1.I. The fraction of sp³-hybridized carbons (Fsp3) is 0.762. The Balaban J connectivity index is 0.00000392. The molecule has 3 unspecified atom stereocenters. The van der Waals surface area contributed by atoms with Gasteiger partial charge < -0.3 is 20.6 Å². The zero-order chi connectivity index (χ0) is 19.7. The third-order valence-electron chi connectivity index (χ3n) is 5.08. The molecule has 5 nitrogen and oxygen atoms in total. The Hall–Kier alpha value is -0.380. The Kier molecular flexibility index (Phi) is 11.9. The van der Waals surface area contributed by atoms with Crippen LogP contribution < -0.4 is 10.6 Å². The molecular formula is C21H39IN4OS. The molecule has 1 aliphatic rings. The number of piperidine rings is 1. The lowest BCUT2D eigenvalue weighted by Crippen LogP contribution is -2.40. The van der Waals surface area contributed by atoms with Crippen molar-refractivity contribution in [3.8, 4) is 0 Å². The molecule has 3 N–H and O–H groups in total. The molecule has 1 saturated heterocycles. The molecule has 3 atom stereocenters. The third-order valence-corrected chi connectivity index (χ3v) is 6.20. The number of rotatable bonds is 9. The van der Waals surface area contributed by atoms with Gasteiger partial charge in [-0.2, -0.15) is 0 Å². The first-order valence-electron chi connectivity index (χ1n) is 10.4. The van der Waals surface area contributed by atoms with Crippen molar-refractivity contribution >= 4 is 41.3 Å². The Bertz CT molecular complexity index is 555. The van der Waals surface area contributed by atoms with Gasteiger partial charge in [-0.05, 0) is 62.9 Å². The molecule has 7 heteroatoms. The van der Waals surface area contributed by atoms with Crippen LogP contribution in [0.4, 0.5) is 0 Å². The van der Waals surface area contributed by atoms with E-state index in [4.69, 9.17) is 0 Å². The van der Waals surface area contributed by atoms with E-state index >= 15 is 0 Å². The summed E-state index contributed by atoms with van der Waals surface area (Å²) >= 11 is 1.57. The second-order valence-corrected chi connectivity index (χ2v) is 9.23. The second kappa shape index (κ2) is 13.0. The monoisotopic (exact) mass is 522 g/mol. The second-order valence-electron chi connectivity index (χ2n) is 8.29. The van der Waals surface area contributed by atoms with Crippen molar-refractivity contribution in [3.63, 3.8) is 0 Å². The number of likely N-dealkylation sites (tertiary alicyclic amines) is 1. The van der Waals surface area contributed by atoms with Crippen LogP contribution in [-0.4, -0.2) is 55.2 Å². The van der Waals surface area contributed by atoms with Crippen molar-refractivity contribution in [3.05, 3.63) is 22.4 Å². The Morgan fingerprint density at radius 2 is 2.00 bits per heavy atom.